The summed E-state index contributed by atoms with van der Waals surface area (Å²) < 4.78 is 27.2. The van der Waals surface area contributed by atoms with E-state index in [1.807, 2.05) is 6.92 Å². The highest BCUT2D eigenvalue weighted by atomic mass is 32.2. The molecule has 1 aliphatic heterocycles. The molecule has 1 amide bonds. The zero-order chi connectivity index (χ0) is 20.9. The van der Waals surface area contributed by atoms with Crippen molar-refractivity contribution in [1.82, 2.24) is 24.1 Å². The standard InChI is InChI=1S/C18H31N5O4S/c1-5-12-28(26,27)23-10-8-22(9-11-23)7-6-19-17(24)13-16-14(2)18(25)21(4)15(3)20-16/h5-13H2,1-4H3,(H,19,24). The third kappa shape index (κ3) is 5.62. The molecule has 0 unspecified atom stereocenters. The van der Waals surface area contributed by atoms with Crippen LogP contribution in [0.2, 0.25) is 0 Å². The van der Waals surface area contributed by atoms with Gasteiger partial charge in [-0.2, -0.15) is 4.31 Å². The molecule has 1 aromatic rings. The first kappa shape index (κ1) is 22.5. The largest absolute Gasteiger partial charge is 0.354 e. The maximum atomic E-state index is 12.2. The van der Waals surface area contributed by atoms with Crippen LogP contribution in [0.3, 0.4) is 0 Å². The normalized spacial score (nSPS) is 16.3. The van der Waals surface area contributed by atoms with Gasteiger partial charge in [-0.15, -0.1) is 0 Å². The Labute approximate surface area is 166 Å². The van der Waals surface area contributed by atoms with E-state index in [4.69, 9.17) is 0 Å². The van der Waals surface area contributed by atoms with Gasteiger partial charge in [-0.25, -0.2) is 13.4 Å². The number of hydrogen-bond acceptors (Lipinski definition) is 6. The highest BCUT2D eigenvalue weighted by Gasteiger charge is 2.25. The van der Waals surface area contributed by atoms with Crippen molar-refractivity contribution >= 4 is 15.9 Å². The maximum Gasteiger partial charge on any atom is 0.256 e. The number of carbonyl (C=O) groups excluding carboxylic acids is 1. The third-order valence-corrected chi connectivity index (χ3v) is 7.18. The van der Waals surface area contributed by atoms with E-state index < -0.39 is 10.0 Å². The van der Waals surface area contributed by atoms with E-state index in [0.29, 0.717) is 62.8 Å². The number of piperazine rings is 1. The number of nitrogens with one attached hydrogen (secondary N) is 1. The van der Waals surface area contributed by atoms with Gasteiger partial charge in [0.2, 0.25) is 15.9 Å². The van der Waals surface area contributed by atoms with E-state index in [0.717, 1.165) is 0 Å². The summed E-state index contributed by atoms with van der Waals surface area (Å²) in [5.74, 6) is 0.597. The summed E-state index contributed by atoms with van der Waals surface area (Å²) in [7, 11) is -1.48. The van der Waals surface area contributed by atoms with Crippen LogP contribution in [0.15, 0.2) is 4.79 Å². The van der Waals surface area contributed by atoms with E-state index in [1.54, 1.807) is 25.2 Å². The van der Waals surface area contributed by atoms with E-state index in [2.05, 4.69) is 15.2 Å². The number of rotatable bonds is 8. The summed E-state index contributed by atoms with van der Waals surface area (Å²) in [5, 5.41) is 2.86. The molecule has 158 valence electrons. The van der Waals surface area contributed by atoms with Crippen molar-refractivity contribution in [2.75, 3.05) is 45.0 Å². The van der Waals surface area contributed by atoms with Gasteiger partial charge in [0.25, 0.3) is 5.56 Å². The molecule has 1 fully saturated rings. The highest BCUT2D eigenvalue weighted by Crippen LogP contribution is 2.08. The minimum Gasteiger partial charge on any atom is -0.354 e. The summed E-state index contributed by atoms with van der Waals surface area (Å²) >= 11 is 0. The molecule has 0 atom stereocenters. The first-order chi connectivity index (χ1) is 13.2. The molecular weight excluding hydrogens is 382 g/mol. The fourth-order valence-electron chi connectivity index (χ4n) is 3.23. The molecule has 2 rings (SSSR count). The minimum absolute atomic E-state index is 0.0752. The van der Waals surface area contributed by atoms with Gasteiger partial charge in [0, 0.05) is 51.9 Å². The zero-order valence-electron chi connectivity index (χ0n) is 17.2. The Morgan fingerprint density at radius 3 is 2.43 bits per heavy atom. The summed E-state index contributed by atoms with van der Waals surface area (Å²) in [4.78, 5) is 30.8. The average Bonchev–Trinajstić information content (AvgIpc) is 2.65. The second-order valence-electron chi connectivity index (χ2n) is 7.18. The van der Waals surface area contributed by atoms with Gasteiger partial charge in [-0.05, 0) is 20.3 Å². The first-order valence-corrected chi connectivity index (χ1v) is 11.3. The van der Waals surface area contributed by atoms with Gasteiger partial charge in [-0.3, -0.25) is 19.1 Å². The molecule has 9 nitrogen and oxygen atoms in total. The Kier molecular flexibility index (Phi) is 7.73. The van der Waals surface area contributed by atoms with Crippen LogP contribution in [-0.2, 0) is 28.3 Å². The molecule has 2 heterocycles. The van der Waals surface area contributed by atoms with Crippen molar-refractivity contribution < 1.29 is 13.2 Å². The van der Waals surface area contributed by atoms with E-state index >= 15 is 0 Å². The lowest BCUT2D eigenvalue weighted by Gasteiger charge is -2.33. The lowest BCUT2D eigenvalue weighted by molar-refractivity contribution is -0.120. The van der Waals surface area contributed by atoms with Crippen LogP contribution in [0.4, 0.5) is 0 Å². The number of aromatic nitrogens is 2. The Morgan fingerprint density at radius 1 is 1.18 bits per heavy atom. The van der Waals surface area contributed by atoms with E-state index in [-0.39, 0.29) is 23.6 Å². The molecule has 1 saturated heterocycles. The fraction of sp³-hybridized carbons (Fsp3) is 0.722. The van der Waals surface area contributed by atoms with E-state index in [9.17, 15) is 18.0 Å². The molecule has 0 aliphatic carbocycles. The summed E-state index contributed by atoms with van der Waals surface area (Å²) in [5.41, 5.74) is 0.867. The second kappa shape index (κ2) is 9.62. The topological polar surface area (TPSA) is 105 Å². The zero-order valence-corrected chi connectivity index (χ0v) is 18.0. The Morgan fingerprint density at radius 2 is 1.82 bits per heavy atom. The molecule has 1 N–H and O–H groups in total. The molecule has 0 saturated carbocycles. The molecule has 0 aromatic carbocycles. The van der Waals surface area contributed by atoms with Crippen molar-refractivity contribution in [2.45, 2.75) is 33.6 Å². The van der Waals surface area contributed by atoms with Crippen LogP contribution in [0.1, 0.15) is 30.4 Å². The monoisotopic (exact) mass is 413 g/mol. The molecule has 1 aliphatic rings. The number of sulfonamides is 1. The fourth-order valence-corrected chi connectivity index (χ4v) is 4.73. The van der Waals surface area contributed by atoms with Crippen LogP contribution in [-0.4, -0.2) is 78.1 Å². The highest BCUT2D eigenvalue weighted by molar-refractivity contribution is 7.89. The Hall–Kier alpha value is -1.78. The van der Waals surface area contributed by atoms with Crippen molar-refractivity contribution in [2.24, 2.45) is 7.05 Å². The second-order valence-corrected chi connectivity index (χ2v) is 9.27. The number of nitrogens with zero attached hydrogens (tertiary/aromatic N) is 4. The molecule has 1 aromatic heterocycles. The summed E-state index contributed by atoms with van der Waals surface area (Å²) in [6.07, 6.45) is 0.696. The van der Waals surface area contributed by atoms with Gasteiger partial charge in [0.1, 0.15) is 5.82 Å². The first-order valence-electron chi connectivity index (χ1n) is 9.65. The van der Waals surface area contributed by atoms with Gasteiger partial charge in [0.15, 0.2) is 0 Å². The molecule has 0 bridgehead atoms. The van der Waals surface area contributed by atoms with Crippen LogP contribution in [0.5, 0.6) is 0 Å². The average molecular weight is 414 g/mol. The van der Waals surface area contributed by atoms with Crippen molar-refractivity contribution in [3.63, 3.8) is 0 Å². The van der Waals surface area contributed by atoms with Crippen LogP contribution in [0.25, 0.3) is 0 Å². The van der Waals surface area contributed by atoms with Crippen molar-refractivity contribution in [3.8, 4) is 0 Å². The van der Waals surface area contributed by atoms with Crippen LogP contribution < -0.4 is 10.9 Å². The van der Waals surface area contributed by atoms with E-state index in [1.165, 1.54) is 4.57 Å². The molecular formula is C18H31N5O4S. The van der Waals surface area contributed by atoms with Crippen LogP contribution >= 0.6 is 0 Å². The Balaban J connectivity index is 1.78. The Bertz CT molecular complexity index is 857. The van der Waals surface area contributed by atoms with Gasteiger partial charge in [-0.1, -0.05) is 6.92 Å². The lowest BCUT2D eigenvalue weighted by atomic mass is 10.2. The van der Waals surface area contributed by atoms with Crippen LogP contribution in [0, 0.1) is 13.8 Å². The molecule has 10 heteroatoms. The molecule has 0 spiro atoms. The van der Waals surface area contributed by atoms with Crippen molar-refractivity contribution in [3.05, 3.63) is 27.4 Å². The maximum absolute atomic E-state index is 12.2. The van der Waals surface area contributed by atoms with Gasteiger partial charge >= 0.3 is 0 Å². The predicted molar refractivity (Wildman–Crippen MR) is 108 cm³/mol. The predicted octanol–water partition coefficient (Wildman–Crippen LogP) is -0.587. The minimum atomic E-state index is -3.14. The summed E-state index contributed by atoms with van der Waals surface area (Å²) in [6, 6.07) is 0. The number of aryl methyl sites for hydroxylation is 1. The SMILES string of the molecule is CCCS(=O)(=O)N1CCN(CCNC(=O)Cc2nc(C)n(C)c(=O)c2C)CC1. The number of hydrogen-bond donors (Lipinski definition) is 1. The molecule has 28 heavy (non-hydrogen) atoms. The van der Waals surface area contributed by atoms with Crippen molar-refractivity contribution in [1.29, 1.82) is 0 Å². The molecule has 0 radical (unpaired) electrons. The smallest absolute Gasteiger partial charge is 0.256 e. The number of amides is 1. The summed E-state index contributed by atoms with van der Waals surface area (Å²) in [6.45, 7) is 8.73. The third-order valence-electron chi connectivity index (χ3n) is 5.11. The van der Waals surface area contributed by atoms with Gasteiger partial charge in [0.05, 0.1) is 17.9 Å². The van der Waals surface area contributed by atoms with Gasteiger partial charge < -0.3 is 5.32 Å². The number of carbonyl (C=O) groups is 1. The lowest BCUT2D eigenvalue weighted by Crippen LogP contribution is -2.50. The quantitative estimate of drug-likeness (QED) is 0.611.